The molecule has 3 rings (SSSR count). The van der Waals surface area contributed by atoms with E-state index in [1.165, 1.54) is 6.33 Å². The third-order valence-corrected chi connectivity index (χ3v) is 2.70. The number of nitrogens with one attached hydrogen (secondary N) is 1. The van der Waals surface area contributed by atoms with E-state index < -0.39 is 0 Å². The summed E-state index contributed by atoms with van der Waals surface area (Å²) < 4.78 is 1.58. The van der Waals surface area contributed by atoms with Crippen LogP contribution < -0.4 is 5.32 Å². The third-order valence-electron chi connectivity index (χ3n) is 2.51. The van der Waals surface area contributed by atoms with E-state index in [9.17, 15) is 0 Å². The van der Waals surface area contributed by atoms with Crippen molar-refractivity contribution < 1.29 is 0 Å². The van der Waals surface area contributed by atoms with Crippen molar-refractivity contribution in [2.75, 3.05) is 5.32 Å². The number of halogens is 1. The van der Waals surface area contributed by atoms with Crippen LogP contribution in [0.3, 0.4) is 0 Å². The van der Waals surface area contributed by atoms with Gasteiger partial charge in [0.05, 0.1) is 24.1 Å². The Bertz CT molecular complexity index is 707. The van der Waals surface area contributed by atoms with Gasteiger partial charge in [-0.3, -0.25) is 9.97 Å². The molecular formula is C11H10ClN7. The average molecular weight is 276 g/mol. The van der Waals surface area contributed by atoms with Gasteiger partial charge in [-0.2, -0.15) is 19.6 Å². The molecule has 0 aliphatic carbocycles. The van der Waals surface area contributed by atoms with Crippen LogP contribution in [0.2, 0.25) is 5.15 Å². The van der Waals surface area contributed by atoms with Crippen LogP contribution in [0.1, 0.15) is 11.4 Å². The molecule has 0 unspecified atom stereocenters. The molecule has 0 atom stereocenters. The van der Waals surface area contributed by atoms with Gasteiger partial charge in [-0.25, -0.2) is 0 Å². The Kier molecular flexibility index (Phi) is 2.96. The van der Waals surface area contributed by atoms with E-state index in [0.29, 0.717) is 23.3 Å². The van der Waals surface area contributed by atoms with E-state index in [4.69, 9.17) is 11.6 Å². The third kappa shape index (κ3) is 2.45. The van der Waals surface area contributed by atoms with Crippen LogP contribution in [-0.2, 0) is 6.54 Å². The second kappa shape index (κ2) is 4.77. The fourth-order valence-electron chi connectivity index (χ4n) is 1.60. The standard InChI is InChI=1S/C11H10ClN7/c1-7-3-14-8(4-13-7)5-15-10-2-9(12)18-11-16-6-17-19(10)11/h2-4,6,15H,5H2,1H3. The summed E-state index contributed by atoms with van der Waals surface area (Å²) in [6.07, 6.45) is 4.88. The summed E-state index contributed by atoms with van der Waals surface area (Å²) >= 11 is 5.92. The second-order valence-electron chi connectivity index (χ2n) is 3.94. The molecule has 3 aromatic heterocycles. The van der Waals surface area contributed by atoms with Crippen molar-refractivity contribution in [3.63, 3.8) is 0 Å². The molecule has 3 aromatic rings. The smallest absolute Gasteiger partial charge is 0.255 e. The average Bonchev–Trinajstić information content (AvgIpc) is 2.85. The van der Waals surface area contributed by atoms with Gasteiger partial charge < -0.3 is 5.32 Å². The van der Waals surface area contributed by atoms with Crippen LogP contribution in [0.5, 0.6) is 0 Å². The highest BCUT2D eigenvalue weighted by Gasteiger charge is 2.06. The lowest BCUT2D eigenvalue weighted by atomic mass is 10.4. The number of aromatic nitrogens is 6. The van der Waals surface area contributed by atoms with Crippen LogP contribution in [0, 0.1) is 6.92 Å². The normalized spacial score (nSPS) is 10.8. The van der Waals surface area contributed by atoms with Gasteiger partial charge in [0.1, 0.15) is 17.3 Å². The Morgan fingerprint density at radius 2 is 2.16 bits per heavy atom. The summed E-state index contributed by atoms with van der Waals surface area (Å²) in [5.74, 6) is 1.15. The van der Waals surface area contributed by atoms with Crippen LogP contribution in [0.25, 0.3) is 5.78 Å². The fourth-order valence-corrected chi connectivity index (χ4v) is 1.78. The Morgan fingerprint density at radius 3 is 2.95 bits per heavy atom. The van der Waals surface area contributed by atoms with E-state index in [0.717, 1.165) is 11.4 Å². The molecule has 1 N–H and O–H groups in total. The number of aryl methyl sites for hydroxylation is 1. The van der Waals surface area contributed by atoms with Gasteiger partial charge in [0, 0.05) is 12.3 Å². The number of rotatable bonds is 3. The molecule has 0 saturated carbocycles. The Hall–Kier alpha value is -2.28. The molecule has 96 valence electrons. The van der Waals surface area contributed by atoms with Crippen molar-refractivity contribution in [2.45, 2.75) is 13.5 Å². The predicted octanol–water partition coefficient (Wildman–Crippen LogP) is 1.49. The molecule has 7 nitrogen and oxygen atoms in total. The topological polar surface area (TPSA) is 80.9 Å². The predicted molar refractivity (Wildman–Crippen MR) is 69.9 cm³/mol. The van der Waals surface area contributed by atoms with Gasteiger partial charge in [0.15, 0.2) is 0 Å². The van der Waals surface area contributed by atoms with E-state index in [2.05, 4.69) is 30.4 Å². The first-order valence-corrected chi connectivity index (χ1v) is 5.98. The molecule has 0 bridgehead atoms. The summed E-state index contributed by atoms with van der Waals surface area (Å²) in [6.45, 7) is 2.41. The summed E-state index contributed by atoms with van der Waals surface area (Å²) in [4.78, 5) is 16.5. The van der Waals surface area contributed by atoms with Gasteiger partial charge in [-0.1, -0.05) is 11.6 Å². The Morgan fingerprint density at radius 1 is 1.26 bits per heavy atom. The monoisotopic (exact) mass is 275 g/mol. The highest BCUT2D eigenvalue weighted by molar-refractivity contribution is 6.29. The maximum absolute atomic E-state index is 5.92. The fraction of sp³-hybridized carbons (Fsp3) is 0.182. The summed E-state index contributed by atoms with van der Waals surface area (Å²) in [5.41, 5.74) is 1.71. The molecule has 0 saturated heterocycles. The summed E-state index contributed by atoms with van der Waals surface area (Å²) in [7, 11) is 0. The molecule has 0 fully saturated rings. The van der Waals surface area contributed by atoms with E-state index in [-0.39, 0.29) is 0 Å². The van der Waals surface area contributed by atoms with Crippen molar-refractivity contribution in [3.05, 3.63) is 41.3 Å². The van der Waals surface area contributed by atoms with E-state index in [1.807, 2.05) is 6.92 Å². The SMILES string of the molecule is Cc1cnc(CNc2cc(Cl)nc3ncnn23)cn1. The number of hydrogen-bond donors (Lipinski definition) is 1. The molecule has 8 heteroatoms. The van der Waals surface area contributed by atoms with Crippen molar-refractivity contribution in [2.24, 2.45) is 0 Å². The van der Waals surface area contributed by atoms with Crippen LogP contribution in [0.4, 0.5) is 5.82 Å². The molecule has 19 heavy (non-hydrogen) atoms. The van der Waals surface area contributed by atoms with E-state index in [1.54, 1.807) is 23.0 Å². The van der Waals surface area contributed by atoms with Gasteiger partial charge in [0.2, 0.25) is 0 Å². The first-order valence-electron chi connectivity index (χ1n) is 5.60. The van der Waals surface area contributed by atoms with Crippen molar-refractivity contribution >= 4 is 23.2 Å². The zero-order valence-electron chi connectivity index (χ0n) is 10.1. The Balaban J connectivity index is 1.85. The van der Waals surface area contributed by atoms with Gasteiger partial charge in [-0.05, 0) is 6.92 Å². The largest absolute Gasteiger partial charge is 0.364 e. The Labute approximate surface area is 113 Å². The zero-order valence-corrected chi connectivity index (χ0v) is 10.8. The van der Waals surface area contributed by atoms with Crippen molar-refractivity contribution in [1.29, 1.82) is 0 Å². The zero-order chi connectivity index (χ0) is 13.2. The molecule has 0 aliphatic rings. The molecular weight excluding hydrogens is 266 g/mol. The molecule has 0 amide bonds. The highest BCUT2D eigenvalue weighted by atomic mass is 35.5. The van der Waals surface area contributed by atoms with Gasteiger partial charge in [-0.15, -0.1) is 0 Å². The minimum Gasteiger partial charge on any atom is -0.364 e. The van der Waals surface area contributed by atoms with E-state index >= 15 is 0 Å². The minimum absolute atomic E-state index is 0.359. The van der Waals surface area contributed by atoms with Gasteiger partial charge >= 0.3 is 0 Å². The lowest BCUT2D eigenvalue weighted by molar-refractivity contribution is 0.909. The highest BCUT2D eigenvalue weighted by Crippen LogP contribution is 2.14. The quantitative estimate of drug-likeness (QED) is 0.730. The maximum atomic E-state index is 5.92. The first kappa shape index (κ1) is 11.8. The molecule has 0 aromatic carbocycles. The molecule has 0 aliphatic heterocycles. The molecule has 0 radical (unpaired) electrons. The summed E-state index contributed by atoms with van der Waals surface area (Å²) in [5, 5.41) is 7.62. The van der Waals surface area contributed by atoms with Crippen LogP contribution in [0.15, 0.2) is 24.8 Å². The van der Waals surface area contributed by atoms with Crippen molar-refractivity contribution in [1.82, 2.24) is 29.5 Å². The number of anilines is 1. The lowest BCUT2D eigenvalue weighted by Gasteiger charge is -2.07. The first-order chi connectivity index (χ1) is 9.22. The lowest BCUT2D eigenvalue weighted by Crippen LogP contribution is -2.07. The second-order valence-corrected chi connectivity index (χ2v) is 4.33. The van der Waals surface area contributed by atoms with Crippen LogP contribution in [-0.4, -0.2) is 29.5 Å². The van der Waals surface area contributed by atoms with Crippen molar-refractivity contribution in [3.8, 4) is 0 Å². The number of fused-ring (bicyclic) bond motifs is 1. The van der Waals surface area contributed by atoms with Gasteiger partial charge in [0.25, 0.3) is 5.78 Å². The maximum Gasteiger partial charge on any atom is 0.255 e. The number of nitrogens with zero attached hydrogens (tertiary/aromatic N) is 6. The molecule has 0 spiro atoms. The summed E-state index contributed by atoms with van der Waals surface area (Å²) in [6, 6.07) is 1.69. The molecule has 3 heterocycles. The minimum atomic E-state index is 0.359. The van der Waals surface area contributed by atoms with Crippen LogP contribution >= 0.6 is 11.6 Å². The number of hydrogen-bond acceptors (Lipinski definition) is 6.